The van der Waals surface area contributed by atoms with Crippen molar-refractivity contribution in [3.8, 4) is 6.07 Å². The lowest BCUT2D eigenvalue weighted by molar-refractivity contribution is 0.196. The van der Waals surface area contributed by atoms with Crippen molar-refractivity contribution in [3.05, 3.63) is 29.3 Å². The summed E-state index contributed by atoms with van der Waals surface area (Å²) in [6.45, 7) is 1.68. The number of hydrogen-bond acceptors (Lipinski definition) is 6. The molecule has 18 heavy (non-hydrogen) atoms. The molecule has 0 aliphatic rings. The van der Waals surface area contributed by atoms with Gasteiger partial charge in [-0.2, -0.15) is 5.26 Å². The third-order valence-electron chi connectivity index (χ3n) is 2.38. The lowest BCUT2D eigenvalue weighted by Crippen LogP contribution is -1.97. The topological polar surface area (TPSA) is 87.6 Å². The second kappa shape index (κ2) is 5.16. The minimum atomic E-state index is -0.610. The number of hydrogen-bond donors (Lipinski definition) is 1. The maximum Gasteiger partial charge on any atom is 0.213 e. The molecule has 0 spiro atoms. The van der Waals surface area contributed by atoms with Gasteiger partial charge in [-0.05, 0) is 46.8 Å². The lowest BCUT2D eigenvalue weighted by atomic mass is 10.1. The van der Waals surface area contributed by atoms with Crippen LogP contribution in [0.4, 0.5) is 0 Å². The summed E-state index contributed by atoms with van der Waals surface area (Å²) in [5, 5.41) is 30.4. The van der Waals surface area contributed by atoms with Gasteiger partial charge in [0.25, 0.3) is 0 Å². The van der Waals surface area contributed by atoms with Gasteiger partial charge in [0.2, 0.25) is 5.16 Å². The minimum absolute atomic E-state index is 0.539. The van der Waals surface area contributed by atoms with Crippen molar-refractivity contribution in [1.82, 2.24) is 20.2 Å². The Morgan fingerprint density at radius 3 is 2.83 bits per heavy atom. The zero-order valence-electron chi connectivity index (χ0n) is 9.90. The maximum absolute atomic E-state index is 9.71. The van der Waals surface area contributed by atoms with Crippen molar-refractivity contribution in [2.24, 2.45) is 7.05 Å². The molecule has 0 aliphatic carbocycles. The van der Waals surface area contributed by atoms with Gasteiger partial charge in [-0.3, -0.25) is 0 Å². The van der Waals surface area contributed by atoms with Crippen LogP contribution in [0.2, 0.25) is 0 Å². The molecule has 1 N–H and O–H groups in total. The molecule has 1 atom stereocenters. The van der Waals surface area contributed by atoms with Gasteiger partial charge in [0, 0.05) is 11.9 Å². The molecule has 2 aromatic rings. The molecule has 2 rings (SSSR count). The molecule has 1 heterocycles. The Hall–Kier alpha value is -1.91. The molecular formula is C11H11N5OS. The quantitative estimate of drug-likeness (QED) is 0.895. The molecule has 0 saturated heterocycles. The number of aryl methyl sites for hydroxylation is 1. The van der Waals surface area contributed by atoms with Gasteiger partial charge in [-0.1, -0.05) is 6.07 Å². The fourth-order valence-electron chi connectivity index (χ4n) is 1.44. The van der Waals surface area contributed by atoms with E-state index in [2.05, 4.69) is 21.6 Å². The molecule has 6 nitrogen and oxygen atoms in total. The third kappa shape index (κ3) is 2.50. The van der Waals surface area contributed by atoms with Crippen LogP contribution >= 0.6 is 11.8 Å². The highest BCUT2D eigenvalue weighted by Crippen LogP contribution is 2.32. The summed E-state index contributed by atoms with van der Waals surface area (Å²) < 4.78 is 1.54. The van der Waals surface area contributed by atoms with E-state index in [1.807, 2.05) is 0 Å². The normalized spacial score (nSPS) is 12.1. The van der Waals surface area contributed by atoms with Crippen LogP contribution in [0.3, 0.4) is 0 Å². The monoisotopic (exact) mass is 261 g/mol. The molecule has 0 saturated carbocycles. The fourth-order valence-corrected chi connectivity index (χ4v) is 2.43. The SMILES string of the molecule is C[C@@H](O)c1ccc(C#N)cc1Sc1nnnn1C. The Balaban J connectivity index is 2.42. The van der Waals surface area contributed by atoms with E-state index in [4.69, 9.17) is 5.26 Å². The Bertz CT molecular complexity index is 602. The summed E-state index contributed by atoms with van der Waals surface area (Å²) in [6.07, 6.45) is -0.610. The average Bonchev–Trinajstić information content (AvgIpc) is 2.74. The highest BCUT2D eigenvalue weighted by molar-refractivity contribution is 7.99. The van der Waals surface area contributed by atoms with Crippen LogP contribution in [-0.4, -0.2) is 25.3 Å². The van der Waals surface area contributed by atoms with Crippen molar-refractivity contribution < 1.29 is 5.11 Å². The number of aliphatic hydroxyl groups is 1. The Morgan fingerprint density at radius 1 is 1.50 bits per heavy atom. The van der Waals surface area contributed by atoms with Crippen molar-refractivity contribution in [2.75, 3.05) is 0 Å². The van der Waals surface area contributed by atoms with Crippen LogP contribution < -0.4 is 0 Å². The zero-order chi connectivity index (χ0) is 13.1. The Morgan fingerprint density at radius 2 is 2.28 bits per heavy atom. The van der Waals surface area contributed by atoms with E-state index in [0.717, 1.165) is 10.5 Å². The molecule has 1 aromatic heterocycles. The first-order chi connectivity index (χ1) is 8.61. The molecule has 0 bridgehead atoms. The Kier molecular flexibility index (Phi) is 3.60. The van der Waals surface area contributed by atoms with Gasteiger partial charge >= 0.3 is 0 Å². The van der Waals surface area contributed by atoms with Crippen molar-refractivity contribution in [2.45, 2.75) is 23.1 Å². The maximum atomic E-state index is 9.71. The van der Waals surface area contributed by atoms with Crippen LogP contribution in [0.1, 0.15) is 24.2 Å². The molecule has 0 amide bonds. The Labute approximate surface area is 108 Å². The zero-order valence-corrected chi connectivity index (χ0v) is 10.7. The number of aromatic nitrogens is 4. The predicted octanol–water partition coefficient (Wildman–Crippen LogP) is 1.29. The van der Waals surface area contributed by atoms with E-state index in [0.29, 0.717) is 10.7 Å². The number of tetrazole rings is 1. The number of nitriles is 1. The third-order valence-corrected chi connectivity index (χ3v) is 3.48. The molecule has 7 heteroatoms. The van der Waals surface area contributed by atoms with Crippen LogP contribution in [0.5, 0.6) is 0 Å². The highest BCUT2D eigenvalue weighted by Gasteiger charge is 2.13. The fraction of sp³-hybridized carbons (Fsp3) is 0.273. The van der Waals surface area contributed by atoms with Gasteiger partial charge in [0.05, 0.1) is 17.7 Å². The first kappa shape index (κ1) is 12.5. The summed E-state index contributed by atoms with van der Waals surface area (Å²) in [4.78, 5) is 0.780. The second-order valence-corrected chi connectivity index (χ2v) is 4.74. The molecule has 0 unspecified atom stereocenters. The largest absolute Gasteiger partial charge is 0.389 e. The standard InChI is InChI=1S/C11H11N5OS/c1-7(17)9-4-3-8(6-12)5-10(9)18-11-13-14-15-16(11)2/h3-5,7,17H,1-2H3/t7-/m1/s1. The summed E-state index contributed by atoms with van der Waals surface area (Å²) in [5.41, 5.74) is 1.29. The van der Waals surface area contributed by atoms with Crippen LogP contribution in [0, 0.1) is 11.3 Å². The van der Waals surface area contributed by atoms with E-state index in [1.54, 1.807) is 32.2 Å². The van der Waals surface area contributed by atoms with Gasteiger partial charge in [-0.25, -0.2) is 4.68 Å². The molecule has 0 fully saturated rings. The van der Waals surface area contributed by atoms with Crippen molar-refractivity contribution in [1.29, 1.82) is 5.26 Å². The van der Waals surface area contributed by atoms with E-state index < -0.39 is 6.10 Å². The number of aliphatic hydroxyl groups excluding tert-OH is 1. The molecule has 0 aliphatic heterocycles. The number of rotatable bonds is 3. The number of nitrogens with zero attached hydrogens (tertiary/aromatic N) is 5. The van der Waals surface area contributed by atoms with Crippen LogP contribution in [-0.2, 0) is 7.05 Å². The molecular weight excluding hydrogens is 250 g/mol. The van der Waals surface area contributed by atoms with E-state index >= 15 is 0 Å². The lowest BCUT2D eigenvalue weighted by Gasteiger charge is -2.10. The van der Waals surface area contributed by atoms with Crippen LogP contribution in [0.25, 0.3) is 0 Å². The summed E-state index contributed by atoms with van der Waals surface area (Å²) in [7, 11) is 1.73. The molecule has 92 valence electrons. The van der Waals surface area contributed by atoms with E-state index in [9.17, 15) is 5.11 Å². The first-order valence-corrected chi connectivity index (χ1v) is 6.06. The van der Waals surface area contributed by atoms with Gasteiger partial charge in [0.1, 0.15) is 0 Å². The molecule has 1 aromatic carbocycles. The summed E-state index contributed by atoms with van der Waals surface area (Å²) >= 11 is 1.32. The predicted molar refractivity (Wildman–Crippen MR) is 64.7 cm³/mol. The number of benzene rings is 1. The summed E-state index contributed by atoms with van der Waals surface area (Å²) in [5.74, 6) is 0. The van der Waals surface area contributed by atoms with Gasteiger partial charge in [0.15, 0.2) is 0 Å². The van der Waals surface area contributed by atoms with Gasteiger partial charge < -0.3 is 5.11 Å². The average molecular weight is 261 g/mol. The van der Waals surface area contributed by atoms with Crippen LogP contribution in [0.15, 0.2) is 28.3 Å². The van der Waals surface area contributed by atoms with Crippen molar-refractivity contribution in [3.63, 3.8) is 0 Å². The first-order valence-electron chi connectivity index (χ1n) is 5.24. The second-order valence-electron chi connectivity index (χ2n) is 3.73. The molecule has 0 radical (unpaired) electrons. The summed E-state index contributed by atoms with van der Waals surface area (Å²) in [6, 6.07) is 7.22. The van der Waals surface area contributed by atoms with Crippen molar-refractivity contribution >= 4 is 11.8 Å². The van der Waals surface area contributed by atoms with Gasteiger partial charge in [-0.15, -0.1) is 5.10 Å². The minimum Gasteiger partial charge on any atom is -0.389 e. The highest BCUT2D eigenvalue weighted by atomic mass is 32.2. The van der Waals surface area contributed by atoms with E-state index in [1.165, 1.54) is 16.4 Å². The smallest absolute Gasteiger partial charge is 0.213 e. The van der Waals surface area contributed by atoms with E-state index in [-0.39, 0.29) is 0 Å².